The van der Waals surface area contributed by atoms with E-state index in [1.54, 1.807) is 42.5 Å². The Bertz CT molecular complexity index is 647. The molecule has 0 aromatic heterocycles. The van der Waals surface area contributed by atoms with Crippen molar-refractivity contribution in [2.45, 2.75) is 0 Å². The highest BCUT2D eigenvalue weighted by Crippen LogP contribution is 2.24. The van der Waals surface area contributed by atoms with Gasteiger partial charge in [-0.25, -0.2) is 0 Å². The molecule has 0 aliphatic carbocycles. The maximum atomic E-state index is 11.8. The van der Waals surface area contributed by atoms with Crippen molar-refractivity contribution in [2.75, 3.05) is 24.8 Å². The minimum atomic E-state index is -0.292. The minimum absolute atomic E-state index is 0.119. The second-order valence-electron chi connectivity index (χ2n) is 4.25. The van der Waals surface area contributed by atoms with E-state index in [2.05, 4.69) is 5.32 Å². The zero-order valence-corrected chi connectivity index (χ0v) is 12.2. The number of benzene rings is 2. The summed E-state index contributed by atoms with van der Waals surface area (Å²) in [5.41, 5.74) is 6.79. The summed E-state index contributed by atoms with van der Waals surface area (Å²) in [6.07, 6.45) is 0. The van der Waals surface area contributed by atoms with E-state index >= 15 is 0 Å². The molecule has 0 radical (unpaired) electrons. The standard InChI is InChI=1S/C15H15ClN2O3/c1-20-14-6-5-11(8-13(14)17)18-15(19)9-21-12-4-2-3-10(16)7-12/h2-8H,9,17H2,1H3,(H,18,19). The number of nitrogens with two attached hydrogens (primary N) is 1. The summed E-state index contributed by atoms with van der Waals surface area (Å²) in [5.74, 6) is 0.801. The number of carbonyl (C=O) groups excluding carboxylic acids is 1. The number of methoxy groups -OCH3 is 1. The topological polar surface area (TPSA) is 73.6 Å². The normalized spacial score (nSPS) is 10.0. The van der Waals surface area contributed by atoms with Crippen LogP contribution in [0.5, 0.6) is 11.5 Å². The number of hydrogen-bond acceptors (Lipinski definition) is 4. The number of halogens is 1. The summed E-state index contributed by atoms with van der Waals surface area (Å²) in [7, 11) is 1.53. The summed E-state index contributed by atoms with van der Waals surface area (Å²) < 4.78 is 10.4. The Morgan fingerprint density at radius 3 is 2.76 bits per heavy atom. The van der Waals surface area contributed by atoms with Gasteiger partial charge in [-0.1, -0.05) is 17.7 Å². The molecule has 0 saturated carbocycles. The van der Waals surface area contributed by atoms with Crippen molar-refractivity contribution >= 4 is 28.9 Å². The molecule has 2 aromatic carbocycles. The van der Waals surface area contributed by atoms with Crippen LogP contribution in [0.15, 0.2) is 42.5 Å². The van der Waals surface area contributed by atoms with Gasteiger partial charge in [0.2, 0.25) is 0 Å². The molecule has 3 N–H and O–H groups in total. The Morgan fingerprint density at radius 2 is 2.10 bits per heavy atom. The van der Waals surface area contributed by atoms with Gasteiger partial charge in [-0.2, -0.15) is 0 Å². The molecule has 0 aliphatic rings. The molecule has 0 saturated heterocycles. The van der Waals surface area contributed by atoms with Crippen molar-refractivity contribution in [1.29, 1.82) is 0 Å². The first kappa shape index (κ1) is 15.0. The summed E-state index contributed by atoms with van der Waals surface area (Å²) in [6, 6.07) is 11.9. The van der Waals surface area contributed by atoms with Crippen LogP contribution in [0.4, 0.5) is 11.4 Å². The van der Waals surface area contributed by atoms with Gasteiger partial charge in [0.25, 0.3) is 5.91 Å². The fraction of sp³-hybridized carbons (Fsp3) is 0.133. The summed E-state index contributed by atoms with van der Waals surface area (Å²) >= 11 is 5.83. The average Bonchev–Trinajstić information content (AvgIpc) is 2.45. The zero-order chi connectivity index (χ0) is 15.2. The number of anilines is 2. The SMILES string of the molecule is COc1ccc(NC(=O)COc2cccc(Cl)c2)cc1N. The average molecular weight is 307 g/mol. The maximum absolute atomic E-state index is 11.8. The molecule has 0 spiro atoms. The van der Waals surface area contributed by atoms with Crippen molar-refractivity contribution < 1.29 is 14.3 Å². The largest absolute Gasteiger partial charge is 0.495 e. The molecule has 110 valence electrons. The van der Waals surface area contributed by atoms with E-state index in [-0.39, 0.29) is 12.5 Å². The fourth-order valence-electron chi connectivity index (χ4n) is 1.71. The van der Waals surface area contributed by atoms with Crippen LogP contribution in [0.3, 0.4) is 0 Å². The predicted octanol–water partition coefficient (Wildman–Crippen LogP) is 2.95. The monoisotopic (exact) mass is 306 g/mol. The Morgan fingerprint density at radius 1 is 1.29 bits per heavy atom. The van der Waals surface area contributed by atoms with Gasteiger partial charge < -0.3 is 20.5 Å². The van der Waals surface area contributed by atoms with E-state index in [1.165, 1.54) is 7.11 Å². The Labute approximate surface area is 127 Å². The molecule has 0 atom stereocenters. The molecular weight excluding hydrogens is 292 g/mol. The van der Waals surface area contributed by atoms with Crippen LogP contribution in [-0.2, 0) is 4.79 Å². The van der Waals surface area contributed by atoms with E-state index < -0.39 is 0 Å². The molecule has 0 unspecified atom stereocenters. The number of amides is 1. The van der Waals surface area contributed by atoms with Gasteiger partial charge in [0.05, 0.1) is 12.8 Å². The van der Waals surface area contributed by atoms with Gasteiger partial charge in [0.15, 0.2) is 6.61 Å². The highest BCUT2D eigenvalue weighted by molar-refractivity contribution is 6.30. The molecule has 0 bridgehead atoms. The molecule has 0 heterocycles. The van der Waals surface area contributed by atoms with Crippen LogP contribution in [0.1, 0.15) is 0 Å². The zero-order valence-electron chi connectivity index (χ0n) is 11.4. The first-order valence-electron chi connectivity index (χ1n) is 6.20. The molecule has 0 fully saturated rings. The number of carbonyl (C=O) groups is 1. The summed E-state index contributed by atoms with van der Waals surface area (Å²) in [4.78, 5) is 11.8. The van der Waals surface area contributed by atoms with E-state index in [1.807, 2.05) is 0 Å². The second kappa shape index (κ2) is 6.85. The van der Waals surface area contributed by atoms with Gasteiger partial charge in [-0.3, -0.25) is 4.79 Å². The van der Waals surface area contributed by atoms with Crippen LogP contribution in [-0.4, -0.2) is 19.6 Å². The third-order valence-electron chi connectivity index (χ3n) is 2.68. The highest BCUT2D eigenvalue weighted by Gasteiger charge is 2.06. The first-order valence-corrected chi connectivity index (χ1v) is 6.58. The first-order chi connectivity index (χ1) is 10.1. The molecular formula is C15H15ClN2O3. The number of ether oxygens (including phenoxy) is 2. The van der Waals surface area contributed by atoms with Crippen LogP contribution in [0.25, 0.3) is 0 Å². The third-order valence-corrected chi connectivity index (χ3v) is 2.91. The fourth-order valence-corrected chi connectivity index (χ4v) is 1.90. The Hall–Kier alpha value is -2.40. The summed E-state index contributed by atoms with van der Waals surface area (Å²) in [5, 5.41) is 3.24. The van der Waals surface area contributed by atoms with E-state index in [0.717, 1.165) is 0 Å². The van der Waals surface area contributed by atoms with E-state index in [0.29, 0.717) is 27.9 Å². The van der Waals surface area contributed by atoms with Crippen molar-refractivity contribution in [3.05, 3.63) is 47.5 Å². The minimum Gasteiger partial charge on any atom is -0.495 e. The second-order valence-corrected chi connectivity index (χ2v) is 4.69. The molecule has 6 heteroatoms. The lowest BCUT2D eigenvalue weighted by Crippen LogP contribution is -2.20. The van der Waals surface area contributed by atoms with Gasteiger partial charge in [0.1, 0.15) is 11.5 Å². The van der Waals surface area contributed by atoms with Crippen LogP contribution in [0, 0.1) is 0 Å². The van der Waals surface area contributed by atoms with Gasteiger partial charge in [-0.05, 0) is 36.4 Å². The molecule has 2 rings (SSSR count). The molecule has 21 heavy (non-hydrogen) atoms. The molecule has 5 nitrogen and oxygen atoms in total. The van der Waals surface area contributed by atoms with E-state index in [4.69, 9.17) is 26.8 Å². The van der Waals surface area contributed by atoms with Crippen molar-refractivity contribution in [2.24, 2.45) is 0 Å². The summed E-state index contributed by atoms with van der Waals surface area (Å²) in [6.45, 7) is -0.119. The highest BCUT2D eigenvalue weighted by atomic mass is 35.5. The lowest BCUT2D eigenvalue weighted by atomic mass is 10.2. The number of nitrogens with one attached hydrogen (secondary N) is 1. The quantitative estimate of drug-likeness (QED) is 0.833. The number of rotatable bonds is 5. The molecule has 2 aromatic rings. The van der Waals surface area contributed by atoms with Gasteiger partial charge in [0, 0.05) is 10.7 Å². The Kier molecular flexibility index (Phi) is 4.90. The third kappa shape index (κ3) is 4.29. The predicted molar refractivity (Wildman–Crippen MR) is 83.0 cm³/mol. The molecule has 0 aliphatic heterocycles. The number of nitrogen functional groups attached to an aromatic ring is 1. The van der Waals surface area contributed by atoms with Gasteiger partial charge >= 0.3 is 0 Å². The van der Waals surface area contributed by atoms with Gasteiger partial charge in [-0.15, -0.1) is 0 Å². The van der Waals surface area contributed by atoms with Crippen LogP contribution >= 0.6 is 11.6 Å². The van der Waals surface area contributed by atoms with Crippen molar-refractivity contribution in [1.82, 2.24) is 0 Å². The smallest absolute Gasteiger partial charge is 0.262 e. The van der Waals surface area contributed by atoms with Crippen LogP contribution < -0.4 is 20.5 Å². The van der Waals surface area contributed by atoms with E-state index in [9.17, 15) is 4.79 Å². The van der Waals surface area contributed by atoms with Crippen molar-refractivity contribution in [3.8, 4) is 11.5 Å². The van der Waals surface area contributed by atoms with Crippen LogP contribution in [0.2, 0.25) is 5.02 Å². The van der Waals surface area contributed by atoms with Crippen molar-refractivity contribution in [3.63, 3.8) is 0 Å². The lowest BCUT2D eigenvalue weighted by molar-refractivity contribution is -0.118. The number of hydrogen-bond donors (Lipinski definition) is 2. The Balaban J connectivity index is 1.91. The lowest BCUT2D eigenvalue weighted by Gasteiger charge is -2.10. The maximum Gasteiger partial charge on any atom is 0.262 e. The molecule has 1 amide bonds.